The van der Waals surface area contributed by atoms with Crippen molar-refractivity contribution in [1.29, 1.82) is 0 Å². The summed E-state index contributed by atoms with van der Waals surface area (Å²) in [6.45, 7) is 5.82. The SMILES string of the molecule is CCc1ccc2ncc(S(=O)(=O)c3ccc(C)cc3)c(N3CCCC3)c2c1. The van der Waals surface area contributed by atoms with Gasteiger partial charge in [0, 0.05) is 24.7 Å². The number of nitrogens with zero attached hydrogens (tertiary/aromatic N) is 2. The molecule has 0 amide bonds. The molecular weight excluding hydrogens is 356 g/mol. The maximum absolute atomic E-state index is 13.5. The zero-order valence-electron chi connectivity index (χ0n) is 15.8. The van der Waals surface area contributed by atoms with Crippen molar-refractivity contribution in [1.82, 2.24) is 4.98 Å². The van der Waals surface area contributed by atoms with Crippen molar-refractivity contribution in [3.63, 3.8) is 0 Å². The third-order valence-electron chi connectivity index (χ3n) is 5.32. The number of fused-ring (bicyclic) bond motifs is 1. The van der Waals surface area contributed by atoms with Crippen LogP contribution in [0.25, 0.3) is 10.9 Å². The van der Waals surface area contributed by atoms with Gasteiger partial charge in [0.15, 0.2) is 0 Å². The van der Waals surface area contributed by atoms with Gasteiger partial charge in [-0.25, -0.2) is 8.42 Å². The van der Waals surface area contributed by atoms with Gasteiger partial charge in [-0.05, 0) is 56.0 Å². The van der Waals surface area contributed by atoms with Crippen molar-refractivity contribution in [2.45, 2.75) is 42.9 Å². The molecule has 5 heteroatoms. The van der Waals surface area contributed by atoms with Crippen molar-refractivity contribution in [3.05, 3.63) is 59.8 Å². The molecule has 27 heavy (non-hydrogen) atoms. The highest BCUT2D eigenvalue weighted by molar-refractivity contribution is 7.91. The van der Waals surface area contributed by atoms with Gasteiger partial charge in [-0.3, -0.25) is 4.98 Å². The molecule has 2 aromatic carbocycles. The molecule has 0 unspecified atom stereocenters. The first kappa shape index (κ1) is 18.0. The van der Waals surface area contributed by atoms with E-state index in [0.29, 0.717) is 9.79 Å². The number of pyridine rings is 1. The molecule has 1 aliphatic heterocycles. The van der Waals surface area contributed by atoms with Crippen LogP contribution < -0.4 is 4.90 Å². The maximum atomic E-state index is 13.5. The Morgan fingerprint density at radius 1 is 1.04 bits per heavy atom. The zero-order valence-corrected chi connectivity index (χ0v) is 16.6. The number of aryl methyl sites for hydroxylation is 2. The molecule has 0 radical (unpaired) electrons. The first-order valence-corrected chi connectivity index (χ1v) is 11.0. The van der Waals surface area contributed by atoms with Crippen LogP contribution in [-0.2, 0) is 16.3 Å². The monoisotopic (exact) mass is 380 g/mol. The average molecular weight is 381 g/mol. The van der Waals surface area contributed by atoms with E-state index < -0.39 is 9.84 Å². The molecule has 2 heterocycles. The fourth-order valence-electron chi connectivity index (χ4n) is 3.74. The summed E-state index contributed by atoms with van der Waals surface area (Å²) in [6, 6.07) is 13.2. The molecule has 1 aromatic heterocycles. The minimum atomic E-state index is -3.64. The number of sulfone groups is 1. The molecule has 3 aromatic rings. The van der Waals surface area contributed by atoms with Crippen LogP contribution in [0.1, 0.15) is 30.9 Å². The molecule has 0 bridgehead atoms. The lowest BCUT2D eigenvalue weighted by Gasteiger charge is -2.23. The van der Waals surface area contributed by atoms with E-state index in [9.17, 15) is 8.42 Å². The van der Waals surface area contributed by atoms with Gasteiger partial charge in [0.05, 0.1) is 16.1 Å². The fourth-order valence-corrected chi connectivity index (χ4v) is 5.17. The third kappa shape index (κ3) is 3.21. The first-order valence-electron chi connectivity index (χ1n) is 9.49. The normalized spacial score (nSPS) is 14.8. The van der Waals surface area contributed by atoms with E-state index >= 15 is 0 Å². The van der Waals surface area contributed by atoms with Crippen LogP contribution in [0.2, 0.25) is 0 Å². The van der Waals surface area contributed by atoms with E-state index in [1.54, 1.807) is 12.1 Å². The lowest BCUT2D eigenvalue weighted by atomic mass is 10.1. The number of benzene rings is 2. The summed E-state index contributed by atoms with van der Waals surface area (Å²) in [6.07, 6.45) is 4.61. The van der Waals surface area contributed by atoms with Gasteiger partial charge in [-0.2, -0.15) is 0 Å². The zero-order chi connectivity index (χ0) is 19.0. The van der Waals surface area contributed by atoms with E-state index in [1.807, 2.05) is 25.1 Å². The van der Waals surface area contributed by atoms with Crippen LogP contribution in [0.15, 0.2) is 58.5 Å². The summed E-state index contributed by atoms with van der Waals surface area (Å²) in [5.74, 6) is 0. The predicted molar refractivity (Wildman–Crippen MR) is 109 cm³/mol. The van der Waals surface area contributed by atoms with Crippen LogP contribution in [-0.4, -0.2) is 26.5 Å². The summed E-state index contributed by atoms with van der Waals surface area (Å²) < 4.78 is 26.9. The molecule has 0 aliphatic carbocycles. The highest BCUT2D eigenvalue weighted by atomic mass is 32.2. The van der Waals surface area contributed by atoms with Gasteiger partial charge in [-0.1, -0.05) is 30.7 Å². The average Bonchev–Trinajstić information content (AvgIpc) is 3.21. The molecule has 0 N–H and O–H groups in total. The van der Waals surface area contributed by atoms with E-state index in [1.165, 1.54) is 11.8 Å². The largest absolute Gasteiger partial charge is 0.370 e. The molecule has 1 saturated heterocycles. The molecule has 0 atom stereocenters. The summed E-state index contributed by atoms with van der Waals surface area (Å²) in [7, 11) is -3.64. The van der Waals surface area contributed by atoms with Gasteiger partial charge in [0.25, 0.3) is 0 Å². The second-order valence-corrected chi connectivity index (χ2v) is 9.10. The van der Waals surface area contributed by atoms with Gasteiger partial charge in [0.1, 0.15) is 4.90 Å². The standard InChI is InChI=1S/C22H24N2O2S/c1-3-17-8-11-20-19(14-17)22(24-12-4-5-13-24)21(15-23-20)27(25,26)18-9-6-16(2)7-10-18/h6-11,14-15H,3-5,12-13H2,1-2H3. The Hall–Kier alpha value is -2.40. The van der Waals surface area contributed by atoms with E-state index in [-0.39, 0.29) is 0 Å². The Morgan fingerprint density at radius 3 is 2.41 bits per heavy atom. The van der Waals surface area contributed by atoms with Crippen molar-refractivity contribution >= 4 is 26.4 Å². The van der Waals surface area contributed by atoms with Crippen LogP contribution in [0.3, 0.4) is 0 Å². The van der Waals surface area contributed by atoms with Gasteiger partial charge in [0.2, 0.25) is 9.84 Å². The first-order chi connectivity index (χ1) is 13.0. The summed E-state index contributed by atoms with van der Waals surface area (Å²) in [5.41, 5.74) is 3.89. The topological polar surface area (TPSA) is 50.3 Å². The van der Waals surface area contributed by atoms with Crippen molar-refractivity contribution in [2.24, 2.45) is 0 Å². The van der Waals surface area contributed by atoms with Gasteiger partial charge < -0.3 is 4.90 Å². The molecule has 140 valence electrons. The van der Waals surface area contributed by atoms with E-state index in [4.69, 9.17) is 0 Å². The number of anilines is 1. The lowest BCUT2D eigenvalue weighted by Crippen LogP contribution is -2.21. The second kappa shape index (κ2) is 6.97. The summed E-state index contributed by atoms with van der Waals surface area (Å²) >= 11 is 0. The number of hydrogen-bond donors (Lipinski definition) is 0. The molecule has 4 nitrogen and oxygen atoms in total. The Kier molecular flexibility index (Phi) is 4.64. The quantitative estimate of drug-likeness (QED) is 0.667. The van der Waals surface area contributed by atoms with Crippen molar-refractivity contribution in [2.75, 3.05) is 18.0 Å². The van der Waals surface area contributed by atoms with E-state index in [2.05, 4.69) is 28.9 Å². The Morgan fingerprint density at radius 2 is 1.74 bits per heavy atom. The van der Waals surface area contributed by atoms with Crippen LogP contribution >= 0.6 is 0 Å². The van der Waals surface area contributed by atoms with Crippen molar-refractivity contribution in [3.8, 4) is 0 Å². The van der Waals surface area contributed by atoms with E-state index in [0.717, 1.165) is 54.5 Å². The molecular formula is C22H24N2O2S. The molecule has 0 saturated carbocycles. The van der Waals surface area contributed by atoms with Gasteiger partial charge >= 0.3 is 0 Å². The van der Waals surface area contributed by atoms with Gasteiger partial charge in [-0.15, -0.1) is 0 Å². The molecule has 4 rings (SSSR count). The Balaban J connectivity index is 1.99. The Labute approximate surface area is 160 Å². The molecule has 0 spiro atoms. The minimum Gasteiger partial charge on any atom is -0.370 e. The predicted octanol–water partition coefficient (Wildman–Crippen LogP) is 4.54. The fraction of sp³-hybridized carbons (Fsp3) is 0.318. The lowest BCUT2D eigenvalue weighted by molar-refractivity contribution is 0.595. The molecule has 1 aliphatic rings. The Bertz CT molecular complexity index is 1080. The van der Waals surface area contributed by atoms with Crippen LogP contribution in [0.5, 0.6) is 0 Å². The minimum absolute atomic E-state index is 0.314. The second-order valence-electron chi connectivity index (χ2n) is 7.19. The highest BCUT2D eigenvalue weighted by Gasteiger charge is 2.28. The molecule has 1 fully saturated rings. The number of hydrogen-bond acceptors (Lipinski definition) is 4. The third-order valence-corrected chi connectivity index (χ3v) is 7.09. The van der Waals surface area contributed by atoms with Crippen LogP contribution in [0.4, 0.5) is 5.69 Å². The number of rotatable bonds is 4. The summed E-state index contributed by atoms with van der Waals surface area (Å²) in [4.78, 5) is 7.34. The highest BCUT2D eigenvalue weighted by Crippen LogP contribution is 2.37. The number of aromatic nitrogens is 1. The maximum Gasteiger partial charge on any atom is 0.210 e. The smallest absolute Gasteiger partial charge is 0.210 e. The van der Waals surface area contributed by atoms with Crippen LogP contribution in [0, 0.1) is 6.92 Å². The van der Waals surface area contributed by atoms with Crippen molar-refractivity contribution < 1.29 is 8.42 Å². The summed E-state index contributed by atoms with van der Waals surface area (Å²) in [5, 5.41) is 0.935.